The Kier molecular flexibility index (Phi) is 6.75. The first-order valence-electron chi connectivity index (χ1n) is 9.77. The van der Waals surface area contributed by atoms with E-state index < -0.39 is 38.1 Å². The molecule has 8 nitrogen and oxygen atoms in total. The fourth-order valence-corrected chi connectivity index (χ4v) is 5.35. The number of hydrogen-bond donors (Lipinski definition) is 4. The SMILES string of the molecule is COCc1cc(Cl)cnc1C(=O)Nc1ccc(F)c([C@@]2(C)N=C(N)C(C)(C)S(O)(O)C2F)c1. The number of nitrogens with zero attached hydrogens (tertiary/aromatic N) is 2. The van der Waals surface area contributed by atoms with E-state index >= 15 is 4.39 Å². The van der Waals surface area contributed by atoms with E-state index in [4.69, 9.17) is 22.1 Å². The Balaban J connectivity index is 2.02. The summed E-state index contributed by atoms with van der Waals surface area (Å²) in [5.41, 5.74) is 1.82. The highest BCUT2D eigenvalue weighted by Gasteiger charge is 2.57. The smallest absolute Gasteiger partial charge is 0.274 e. The van der Waals surface area contributed by atoms with E-state index in [0.717, 1.165) is 6.07 Å². The molecule has 0 bridgehead atoms. The van der Waals surface area contributed by atoms with Crippen molar-refractivity contribution in [2.45, 2.75) is 43.2 Å². The lowest BCUT2D eigenvalue weighted by Gasteiger charge is -2.55. The third kappa shape index (κ3) is 4.31. The van der Waals surface area contributed by atoms with Gasteiger partial charge in [0.2, 0.25) is 5.50 Å². The molecule has 0 aliphatic carbocycles. The molecule has 0 spiro atoms. The van der Waals surface area contributed by atoms with Gasteiger partial charge in [-0.2, -0.15) is 10.6 Å². The second-order valence-electron chi connectivity index (χ2n) is 8.31. The number of amides is 1. The Morgan fingerprint density at radius 1 is 1.33 bits per heavy atom. The van der Waals surface area contributed by atoms with E-state index in [1.807, 2.05) is 0 Å². The highest BCUT2D eigenvalue weighted by molar-refractivity contribution is 8.26. The normalized spacial score (nSPS) is 24.6. The molecule has 1 aliphatic heterocycles. The van der Waals surface area contributed by atoms with Gasteiger partial charge in [0.15, 0.2) is 0 Å². The van der Waals surface area contributed by atoms with E-state index in [2.05, 4.69) is 15.3 Å². The highest BCUT2D eigenvalue weighted by atomic mass is 35.5. The van der Waals surface area contributed by atoms with Crippen molar-refractivity contribution in [1.82, 2.24) is 4.98 Å². The maximum atomic E-state index is 15.5. The summed E-state index contributed by atoms with van der Waals surface area (Å²) in [6, 6.07) is 5.00. The second kappa shape index (κ2) is 8.80. The summed E-state index contributed by atoms with van der Waals surface area (Å²) in [6.07, 6.45) is 1.30. The summed E-state index contributed by atoms with van der Waals surface area (Å²) < 4.78 is 55.0. The topological polar surface area (TPSA) is 130 Å². The molecule has 2 atom stereocenters. The van der Waals surface area contributed by atoms with Crippen LogP contribution in [0.1, 0.15) is 42.4 Å². The molecular formula is C21H25ClF2N4O4S. The number of methoxy groups -OCH3 is 1. The zero-order valence-electron chi connectivity index (χ0n) is 18.4. The number of amidine groups is 1. The molecule has 1 unspecified atom stereocenters. The summed E-state index contributed by atoms with van der Waals surface area (Å²) in [5.74, 6) is -1.70. The summed E-state index contributed by atoms with van der Waals surface area (Å²) in [7, 11) is -2.52. The van der Waals surface area contributed by atoms with Crippen molar-refractivity contribution in [3.63, 3.8) is 0 Å². The maximum Gasteiger partial charge on any atom is 0.274 e. The number of benzene rings is 1. The van der Waals surface area contributed by atoms with Crippen LogP contribution in [-0.4, -0.2) is 43.2 Å². The van der Waals surface area contributed by atoms with Crippen LogP contribution < -0.4 is 11.1 Å². The zero-order chi connectivity index (χ0) is 24.8. The second-order valence-corrected chi connectivity index (χ2v) is 11.4. The third-order valence-corrected chi connectivity index (χ3v) is 8.62. The van der Waals surface area contributed by atoms with Crippen molar-refractivity contribution >= 4 is 39.6 Å². The summed E-state index contributed by atoms with van der Waals surface area (Å²) in [4.78, 5) is 21.0. The van der Waals surface area contributed by atoms with Crippen LogP contribution in [0.2, 0.25) is 5.02 Å². The first-order valence-corrected chi connectivity index (χ1v) is 11.8. The van der Waals surface area contributed by atoms with E-state index in [9.17, 15) is 18.3 Å². The van der Waals surface area contributed by atoms with Crippen molar-refractivity contribution < 1.29 is 27.4 Å². The summed E-state index contributed by atoms with van der Waals surface area (Å²) in [6.45, 7) is 4.01. The molecule has 180 valence electrons. The van der Waals surface area contributed by atoms with Crippen molar-refractivity contribution in [1.29, 1.82) is 0 Å². The van der Waals surface area contributed by atoms with Crippen LogP contribution >= 0.6 is 22.2 Å². The van der Waals surface area contributed by atoms with E-state index in [1.165, 1.54) is 52.3 Å². The Bertz CT molecular complexity index is 1130. The van der Waals surface area contributed by atoms with Gasteiger partial charge in [-0.25, -0.2) is 13.8 Å². The molecule has 33 heavy (non-hydrogen) atoms. The number of ether oxygens (including phenoxy) is 1. The van der Waals surface area contributed by atoms with Crippen LogP contribution in [0, 0.1) is 5.82 Å². The average molecular weight is 503 g/mol. The van der Waals surface area contributed by atoms with Crippen molar-refractivity contribution in [3.8, 4) is 0 Å². The first kappa shape index (κ1) is 25.3. The third-order valence-electron chi connectivity index (χ3n) is 5.67. The molecule has 0 radical (unpaired) electrons. The summed E-state index contributed by atoms with van der Waals surface area (Å²) in [5, 5.41) is 2.90. The number of aliphatic imine (C=N–C) groups is 1. The van der Waals surface area contributed by atoms with Gasteiger partial charge >= 0.3 is 0 Å². The minimum atomic E-state index is -3.97. The molecule has 5 N–H and O–H groups in total. The fourth-order valence-electron chi connectivity index (χ4n) is 3.48. The minimum Gasteiger partial charge on any atom is -0.386 e. The monoisotopic (exact) mass is 502 g/mol. The average Bonchev–Trinajstić information content (AvgIpc) is 2.73. The van der Waals surface area contributed by atoms with Gasteiger partial charge in [0.1, 0.15) is 27.6 Å². The molecule has 1 aliphatic rings. The van der Waals surface area contributed by atoms with Gasteiger partial charge in [0.05, 0.1) is 11.6 Å². The first-order chi connectivity index (χ1) is 15.3. The van der Waals surface area contributed by atoms with Crippen molar-refractivity contribution in [2.75, 3.05) is 12.4 Å². The standard InChI is InChI=1S/C21H25ClF2N4O4S/c1-20(2)19(25)28-21(3,18(24)33(20,30)31)14-8-13(5-6-15(14)23)27-17(29)16-11(10-32-4)7-12(22)9-26-16/h5-9,18,30-31H,10H2,1-4H3,(H2,25,28)(H,27,29)/t18?,21-/m1/s1. The molecule has 3 rings (SSSR count). The number of hydrogen-bond acceptors (Lipinski definition) is 7. The van der Waals surface area contributed by atoms with Crippen LogP contribution in [0.5, 0.6) is 0 Å². The number of alkyl halides is 1. The number of carbonyl (C=O) groups is 1. The number of pyridine rings is 1. The molecule has 2 aromatic rings. The zero-order valence-corrected chi connectivity index (χ0v) is 20.0. The van der Waals surface area contributed by atoms with E-state index in [1.54, 1.807) is 0 Å². The van der Waals surface area contributed by atoms with Crippen molar-refractivity contribution in [3.05, 3.63) is 58.1 Å². The molecular weight excluding hydrogens is 478 g/mol. The number of carbonyl (C=O) groups excluding carboxylic acids is 1. The predicted octanol–water partition coefficient (Wildman–Crippen LogP) is 4.68. The van der Waals surface area contributed by atoms with Crippen LogP contribution in [0.25, 0.3) is 0 Å². The highest BCUT2D eigenvalue weighted by Crippen LogP contribution is 2.64. The van der Waals surface area contributed by atoms with Crippen LogP contribution in [-0.2, 0) is 16.9 Å². The lowest BCUT2D eigenvalue weighted by molar-refractivity contribution is 0.101. The summed E-state index contributed by atoms with van der Waals surface area (Å²) >= 11 is 5.94. The number of aromatic nitrogens is 1. The van der Waals surface area contributed by atoms with Gasteiger partial charge in [-0.15, -0.1) is 0 Å². The van der Waals surface area contributed by atoms with E-state index in [-0.39, 0.29) is 29.4 Å². The number of halogens is 3. The fraction of sp³-hybridized carbons (Fsp3) is 0.381. The van der Waals surface area contributed by atoms with Gasteiger partial charge < -0.3 is 15.8 Å². The lowest BCUT2D eigenvalue weighted by Crippen LogP contribution is -2.55. The van der Waals surface area contributed by atoms with Crippen LogP contribution in [0.3, 0.4) is 0 Å². The predicted molar refractivity (Wildman–Crippen MR) is 125 cm³/mol. The molecule has 2 heterocycles. The van der Waals surface area contributed by atoms with E-state index in [0.29, 0.717) is 10.6 Å². The molecule has 1 aromatic heterocycles. The largest absolute Gasteiger partial charge is 0.386 e. The number of anilines is 1. The van der Waals surface area contributed by atoms with Gasteiger partial charge in [-0.1, -0.05) is 11.6 Å². The van der Waals surface area contributed by atoms with Crippen LogP contribution in [0.4, 0.5) is 14.5 Å². The number of rotatable bonds is 5. The molecule has 12 heteroatoms. The molecule has 1 amide bonds. The molecule has 0 saturated carbocycles. The molecule has 0 fully saturated rings. The number of nitrogens with two attached hydrogens (primary N) is 1. The minimum absolute atomic E-state index is 0.0394. The quantitative estimate of drug-likeness (QED) is 0.469. The molecule has 1 aromatic carbocycles. The Labute approximate surface area is 196 Å². The van der Waals surface area contributed by atoms with Gasteiger partial charge in [0.25, 0.3) is 5.91 Å². The lowest BCUT2D eigenvalue weighted by atomic mass is 9.91. The number of nitrogens with one attached hydrogen (secondary N) is 1. The Morgan fingerprint density at radius 3 is 2.64 bits per heavy atom. The van der Waals surface area contributed by atoms with Gasteiger partial charge in [0, 0.05) is 30.1 Å². The Hall–Kier alpha value is -2.31. The van der Waals surface area contributed by atoms with Crippen LogP contribution in [0.15, 0.2) is 35.5 Å². The maximum absolute atomic E-state index is 15.5. The van der Waals surface area contributed by atoms with Gasteiger partial charge in [-0.05, 0) is 45.0 Å². The molecule has 0 saturated heterocycles. The van der Waals surface area contributed by atoms with Crippen molar-refractivity contribution in [2.24, 2.45) is 10.7 Å². The Morgan fingerprint density at radius 2 is 2.00 bits per heavy atom. The van der Waals surface area contributed by atoms with Gasteiger partial charge in [-0.3, -0.25) is 18.9 Å².